The number of rotatable bonds is 18. The van der Waals surface area contributed by atoms with Crippen LogP contribution in [0, 0.1) is 0 Å². The second kappa shape index (κ2) is 18.1. The average Bonchev–Trinajstić information content (AvgIpc) is 2.75. The molecule has 0 spiro atoms. The Hall–Kier alpha value is -0.500. The predicted octanol–water partition coefficient (Wildman–Crippen LogP) is 3.81. The molecule has 1 aliphatic rings. The SMILES string of the molecule is CCCCCCCC/C=C\CCCCCCCCO[C@@H]1O[C@H](CO)[C@@H](O)[C@H](O)[C@H]1N. The van der Waals surface area contributed by atoms with Gasteiger partial charge < -0.3 is 30.5 Å². The molecule has 0 aliphatic carbocycles. The lowest BCUT2D eigenvalue weighted by Crippen LogP contribution is -2.62. The van der Waals surface area contributed by atoms with E-state index in [4.69, 9.17) is 15.2 Å². The first-order valence-electron chi connectivity index (χ1n) is 12.3. The Balaban J connectivity index is 1.90. The lowest BCUT2D eigenvalue weighted by atomic mass is 9.98. The van der Waals surface area contributed by atoms with Gasteiger partial charge in [-0.2, -0.15) is 0 Å². The van der Waals surface area contributed by atoms with Gasteiger partial charge in [-0.05, 0) is 32.1 Å². The van der Waals surface area contributed by atoms with Crippen LogP contribution in [-0.2, 0) is 9.47 Å². The molecule has 1 saturated heterocycles. The van der Waals surface area contributed by atoms with Gasteiger partial charge in [-0.15, -0.1) is 0 Å². The molecule has 0 aromatic heterocycles. The first-order valence-corrected chi connectivity index (χ1v) is 12.3. The summed E-state index contributed by atoms with van der Waals surface area (Å²) in [6.45, 7) is 2.38. The molecule has 6 nitrogen and oxygen atoms in total. The van der Waals surface area contributed by atoms with Crippen molar-refractivity contribution in [2.45, 2.75) is 127 Å². The van der Waals surface area contributed by atoms with Crippen molar-refractivity contribution in [1.82, 2.24) is 0 Å². The van der Waals surface area contributed by atoms with Crippen LogP contribution in [0.1, 0.15) is 96.8 Å². The molecule has 1 fully saturated rings. The van der Waals surface area contributed by atoms with E-state index in [0.29, 0.717) is 6.61 Å². The number of aliphatic hydroxyl groups is 3. The van der Waals surface area contributed by atoms with Gasteiger partial charge in [0.2, 0.25) is 0 Å². The van der Waals surface area contributed by atoms with Crippen LogP contribution in [0.15, 0.2) is 12.2 Å². The van der Waals surface area contributed by atoms with E-state index >= 15 is 0 Å². The normalized spacial score (nSPS) is 27.2. The molecule has 0 bridgehead atoms. The average molecular weight is 430 g/mol. The van der Waals surface area contributed by atoms with E-state index in [1.807, 2.05) is 0 Å². The van der Waals surface area contributed by atoms with Gasteiger partial charge in [0.25, 0.3) is 0 Å². The van der Waals surface area contributed by atoms with Crippen LogP contribution in [0.2, 0.25) is 0 Å². The maximum absolute atomic E-state index is 9.91. The Labute approximate surface area is 183 Å². The molecule has 5 N–H and O–H groups in total. The predicted molar refractivity (Wildman–Crippen MR) is 121 cm³/mol. The van der Waals surface area contributed by atoms with Crippen molar-refractivity contribution in [3.05, 3.63) is 12.2 Å². The summed E-state index contributed by atoms with van der Waals surface area (Å²) in [6.07, 6.45) is 18.3. The molecule has 0 amide bonds. The van der Waals surface area contributed by atoms with Crippen LogP contribution in [-0.4, -0.2) is 59.2 Å². The molecule has 1 aliphatic heterocycles. The summed E-state index contributed by atoms with van der Waals surface area (Å²) in [5.41, 5.74) is 5.85. The lowest BCUT2D eigenvalue weighted by molar-refractivity contribution is -0.265. The molecular formula is C24H47NO5. The van der Waals surface area contributed by atoms with Crippen LogP contribution in [0.3, 0.4) is 0 Å². The summed E-state index contributed by atoms with van der Waals surface area (Å²) >= 11 is 0. The molecule has 0 aromatic carbocycles. The molecule has 0 aromatic rings. The summed E-state index contributed by atoms with van der Waals surface area (Å²) in [5, 5.41) is 28.9. The fourth-order valence-corrected chi connectivity index (χ4v) is 3.80. The highest BCUT2D eigenvalue weighted by atomic mass is 16.7. The molecule has 30 heavy (non-hydrogen) atoms. The van der Waals surface area contributed by atoms with Gasteiger partial charge in [0.05, 0.1) is 12.6 Å². The van der Waals surface area contributed by atoms with Crippen molar-refractivity contribution in [3.63, 3.8) is 0 Å². The van der Waals surface area contributed by atoms with Crippen LogP contribution in [0.4, 0.5) is 0 Å². The molecular weight excluding hydrogens is 382 g/mol. The van der Waals surface area contributed by atoms with Crippen molar-refractivity contribution in [2.24, 2.45) is 5.73 Å². The molecule has 1 rings (SSSR count). The summed E-state index contributed by atoms with van der Waals surface area (Å²) in [7, 11) is 0. The number of ether oxygens (including phenoxy) is 2. The third kappa shape index (κ3) is 11.8. The molecule has 0 saturated carbocycles. The van der Waals surface area contributed by atoms with Gasteiger partial charge in [-0.1, -0.05) is 76.9 Å². The second-order valence-electron chi connectivity index (χ2n) is 8.59. The van der Waals surface area contributed by atoms with Gasteiger partial charge in [-0.3, -0.25) is 0 Å². The van der Waals surface area contributed by atoms with Crippen molar-refractivity contribution in [2.75, 3.05) is 13.2 Å². The highest BCUT2D eigenvalue weighted by Gasteiger charge is 2.42. The highest BCUT2D eigenvalue weighted by molar-refractivity contribution is 4.91. The largest absolute Gasteiger partial charge is 0.394 e. The van der Waals surface area contributed by atoms with Crippen LogP contribution in [0.25, 0.3) is 0 Å². The van der Waals surface area contributed by atoms with E-state index in [-0.39, 0.29) is 6.61 Å². The number of allylic oxidation sites excluding steroid dienone is 2. The zero-order valence-corrected chi connectivity index (χ0v) is 19.1. The number of aliphatic hydroxyl groups excluding tert-OH is 3. The van der Waals surface area contributed by atoms with Crippen LogP contribution >= 0.6 is 0 Å². The van der Waals surface area contributed by atoms with E-state index in [9.17, 15) is 15.3 Å². The minimum absolute atomic E-state index is 0.376. The maximum atomic E-state index is 9.91. The monoisotopic (exact) mass is 429 g/mol. The Morgan fingerprint density at radius 2 is 1.33 bits per heavy atom. The molecule has 0 radical (unpaired) electrons. The third-order valence-electron chi connectivity index (χ3n) is 5.87. The number of unbranched alkanes of at least 4 members (excludes halogenated alkanes) is 12. The Kier molecular flexibility index (Phi) is 16.6. The van der Waals surface area contributed by atoms with Gasteiger partial charge in [0.1, 0.15) is 18.3 Å². The summed E-state index contributed by atoms with van der Waals surface area (Å²) < 4.78 is 11.1. The van der Waals surface area contributed by atoms with Gasteiger partial charge in [0.15, 0.2) is 6.29 Å². The van der Waals surface area contributed by atoms with Crippen molar-refractivity contribution in [3.8, 4) is 0 Å². The number of nitrogens with two attached hydrogens (primary N) is 1. The summed E-state index contributed by atoms with van der Waals surface area (Å²) in [6, 6.07) is -0.808. The summed E-state index contributed by atoms with van der Waals surface area (Å²) in [5.74, 6) is 0. The molecule has 6 heteroatoms. The lowest BCUT2D eigenvalue weighted by Gasteiger charge is -2.40. The maximum Gasteiger partial charge on any atom is 0.175 e. The van der Waals surface area contributed by atoms with Crippen molar-refractivity contribution < 1.29 is 24.8 Å². The topological polar surface area (TPSA) is 105 Å². The number of hydrogen-bond donors (Lipinski definition) is 4. The van der Waals surface area contributed by atoms with Gasteiger partial charge >= 0.3 is 0 Å². The quantitative estimate of drug-likeness (QED) is 0.195. The highest BCUT2D eigenvalue weighted by Crippen LogP contribution is 2.21. The Bertz CT molecular complexity index is 418. The van der Waals surface area contributed by atoms with Crippen LogP contribution < -0.4 is 5.73 Å². The fraction of sp³-hybridized carbons (Fsp3) is 0.917. The van der Waals surface area contributed by atoms with Gasteiger partial charge in [0, 0.05) is 6.61 Å². The Morgan fingerprint density at radius 3 is 1.90 bits per heavy atom. The standard InChI is InChI=1S/C24H47NO5/c1-2-3-4-5-6-7-8-9-10-11-12-13-14-15-16-17-18-29-24-21(25)23(28)22(27)20(19-26)30-24/h9-10,20-24,26-28H,2-8,11-19,25H2,1H3/b10-9-/t20-,21-,22-,23-,24-/m1/s1. The second-order valence-corrected chi connectivity index (χ2v) is 8.59. The van der Waals surface area contributed by atoms with Crippen LogP contribution in [0.5, 0.6) is 0 Å². The van der Waals surface area contributed by atoms with Gasteiger partial charge in [-0.25, -0.2) is 0 Å². The molecule has 5 atom stereocenters. The van der Waals surface area contributed by atoms with E-state index in [1.54, 1.807) is 0 Å². The van der Waals surface area contributed by atoms with E-state index < -0.39 is 30.6 Å². The zero-order valence-electron chi connectivity index (χ0n) is 19.1. The van der Waals surface area contributed by atoms with Crippen molar-refractivity contribution >= 4 is 0 Å². The smallest absolute Gasteiger partial charge is 0.175 e. The molecule has 0 unspecified atom stereocenters. The van der Waals surface area contributed by atoms with Crippen molar-refractivity contribution in [1.29, 1.82) is 0 Å². The third-order valence-corrected chi connectivity index (χ3v) is 5.87. The van der Waals surface area contributed by atoms with E-state index in [2.05, 4.69) is 19.1 Å². The zero-order chi connectivity index (χ0) is 22.0. The summed E-state index contributed by atoms with van der Waals surface area (Å²) in [4.78, 5) is 0. The fourth-order valence-electron chi connectivity index (χ4n) is 3.80. The molecule has 1 heterocycles. The first-order chi connectivity index (χ1) is 14.6. The van der Waals surface area contributed by atoms with E-state index in [0.717, 1.165) is 12.8 Å². The van der Waals surface area contributed by atoms with E-state index in [1.165, 1.54) is 77.0 Å². The number of hydrogen-bond acceptors (Lipinski definition) is 6. The minimum Gasteiger partial charge on any atom is -0.394 e. The molecule has 178 valence electrons. The first kappa shape index (κ1) is 27.5. The Morgan fingerprint density at radius 1 is 0.800 bits per heavy atom. The minimum atomic E-state index is -1.18.